The Morgan fingerprint density at radius 2 is 2.10 bits per heavy atom. The van der Waals surface area contributed by atoms with E-state index >= 15 is 0 Å². The lowest BCUT2D eigenvalue weighted by Gasteiger charge is -2.10. The summed E-state index contributed by atoms with van der Waals surface area (Å²) in [4.78, 5) is 21.0. The van der Waals surface area contributed by atoms with Gasteiger partial charge in [-0.1, -0.05) is 38.1 Å². The molecule has 0 aliphatic carbocycles. The van der Waals surface area contributed by atoms with Crippen LogP contribution in [0.15, 0.2) is 41.5 Å². The molecule has 2 aromatic rings. The molecule has 0 saturated carbocycles. The summed E-state index contributed by atoms with van der Waals surface area (Å²) in [7, 11) is 0. The smallest absolute Gasteiger partial charge is 0.253 e. The van der Waals surface area contributed by atoms with Crippen LogP contribution in [0.3, 0.4) is 0 Å². The van der Waals surface area contributed by atoms with Crippen LogP contribution >= 0.6 is 0 Å². The first-order valence-corrected chi connectivity index (χ1v) is 7.10. The van der Waals surface area contributed by atoms with Gasteiger partial charge in [-0.25, -0.2) is 0 Å². The van der Waals surface area contributed by atoms with E-state index in [9.17, 15) is 4.79 Å². The Balaban J connectivity index is 1.93. The predicted molar refractivity (Wildman–Crippen MR) is 82.9 cm³/mol. The van der Waals surface area contributed by atoms with E-state index in [1.807, 2.05) is 30.3 Å². The molecule has 1 amide bonds. The van der Waals surface area contributed by atoms with Gasteiger partial charge in [0.1, 0.15) is 6.04 Å². The largest absolute Gasteiger partial charge is 0.340 e. The van der Waals surface area contributed by atoms with Crippen LogP contribution in [0.4, 0.5) is 0 Å². The number of benzene rings is 1. The van der Waals surface area contributed by atoms with Gasteiger partial charge in [-0.05, 0) is 12.0 Å². The standard InChI is InChI=1S/C16H18N4O/c1-10(2)9-18-16-19-14(15(21)20-16)12-7-3-5-11-6-4-8-17-13(11)12/h3-8,10,14H,9H2,1-2H3,(H2,18,19,20,21). The first kappa shape index (κ1) is 13.5. The van der Waals surface area contributed by atoms with E-state index < -0.39 is 6.04 Å². The van der Waals surface area contributed by atoms with Gasteiger partial charge in [-0.2, -0.15) is 0 Å². The molecular weight excluding hydrogens is 264 g/mol. The van der Waals surface area contributed by atoms with E-state index in [0.717, 1.165) is 16.5 Å². The molecule has 0 bridgehead atoms. The highest BCUT2D eigenvalue weighted by Gasteiger charge is 2.31. The molecule has 1 aliphatic rings. The summed E-state index contributed by atoms with van der Waals surface area (Å²) < 4.78 is 0. The topological polar surface area (TPSA) is 66.4 Å². The molecular formula is C16H18N4O. The highest BCUT2D eigenvalue weighted by atomic mass is 16.2. The van der Waals surface area contributed by atoms with Crippen LogP contribution in [0.1, 0.15) is 25.5 Å². The van der Waals surface area contributed by atoms with Gasteiger partial charge in [-0.15, -0.1) is 0 Å². The van der Waals surface area contributed by atoms with E-state index in [0.29, 0.717) is 18.4 Å². The predicted octanol–water partition coefficient (Wildman–Crippen LogP) is 2.01. The van der Waals surface area contributed by atoms with Gasteiger partial charge in [0.15, 0.2) is 5.96 Å². The van der Waals surface area contributed by atoms with Crippen LogP contribution < -0.4 is 10.6 Å². The fraction of sp³-hybridized carbons (Fsp3) is 0.312. The highest BCUT2D eigenvalue weighted by Crippen LogP contribution is 2.24. The second-order valence-electron chi connectivity index (χ2n) is 5.57. The number of amides is 1. The summed E-state index contributed by atoms with van der Waals surface area (Å²) in [6.45, 7) is 4.86. The van der Waals surface area contributed by atoms with Crippen molar-refractivity contribution in [1.82, 2.24) is 15.6 Å². The summed E-state index contributed by atoms with van der Waals surface area (Å²) in [5.74, 6) is 0.914. The monoisotopic (exact) mass is 282 g/mol. The normalized spacial score (nSPS) is 20.0. The van der Waals surface area contributed by atoms with Gasteiger partial charge in [0, 0.05) is 23.7 Å². The van der Waals surface area contributed by atoms with Crippen molar-refractivity contribution in [2.45, 2.75) is 19.9 Å². The number of hydrogen-bond donors (Lipinski definition) is 2. The highest BCUT2D eigenvalue weighted by molar-refractivity contribution is 6.08. The lowest BCUT2D eigenvalue weighted by Crippen LogP contribution is -2.26. The molecule has 2 N–H and O–H groups in total. The van der Waals surface area contributed by atoms with Crippen molar-refractivity contribution < 1.29 is 4.79 Å². The van der Waals surface area contributed by atoms with Crippen molar-refractivity contribution in [2.75, 3.05) is 6.54 Å². The third-order valence-corrected chi connectivity index (χ3v) is 3.37. The first-order valence-electron chi connectivity index (χ1n) is 7.10. The number of carbonyl (C=O) groups excluding carboxylic acids is 1. The summed E-state index contributed by atoms with van der Waals surface area (Å²) in [6, 6.07) is 9.31. The second kappa shape index (κ2) is 5.52. The Bertz CT molecular complexity index is 703. The van der Waals surface area contributed by atoms with Crippen LogP contribution in [0.2, 0.25) is 0 Å². The van der Waals surface area contributed by atoms with Crippen LogP contribution in [0, 0.1) is 5.92 Å². The Labute approximate surface area is 123 Å². The quantitative estimate of drug-likeness (QED) is 0.905. The minimum absolute atomic E-state index is 0.0874. The molecule has 0 spiro atoms. The number of pyridine rings is 1. The number of nitrogens with zero attached hydrogens (tertiary/aromatic N) is 2. The Morgan fingerprint density at radius 3 is 2.90 bits per heavy atom. The average Bonchev–Trinajstić information content (AvgIpc) is 2.85. The number of guanidine groups is 1. The minimum atomic E-state index is -0.436. The molecule has 1 saturated heterocycles. The summed E-state index contributed by atoms with van der Waals surface area (Å²) in [5, 5.41) is 6.97. The summed E-state index contributed by atoms with van der Waals surface area (Å²) in [6.07, 6.45) is 1.74. The Kier molecular flexibility index (Phi) is 3.56. The maximum atomic E-state index is 12.2. The van der Waals surface area contributed by atoms with Gasteiger partial charge in [0.2, 0.25) is 0 Å². The van der Waals surface area contributed by atoms with Gasteiger partial charge < -0.3 is 5.32 Å². The van der Waals surface area contributed by atoms with E-state index in [2.05, 4.69) is 34.5 Å². The second-order valence-corrected chi connectivity index (χ2v) is 5.57. The molecule has 1 aliphatic heterocycles. The maximum Gasteiger partial charge on any atom is 0.253 e. The maximum absolute atomic E-state index is 12.2. The van der Waals surface area contributed by atoms with Gasteiger partial charge >= 0.3 is 0 Å². The summed E-state index contributed by atoms with van der Waals surface area (Å²) >= 11 is 0. The van der Waals surface area contributed by atoms with Crippen molar-refractivity contribution in [1.29, 1.82) is 0 Å². The zero-order valence-corrected chi connectivity index (χ0v) is 12.1. The van der Waals surface area contributed by atoms with Crippen molar-refractivity contribution in [3.05, 3.63) is 42.1 Å². The summed E-state index contributed by atoms with van der Waals surface area (Å²) in [5.41, 5.74) is 1.72. The third-order valence-electron chi connectivity index (χ3n) is 3.37. The molecule has 1 aromatic heterocycles. The number of para-hydroxylation sites is 1. The van der Waals surface area contributed by atoms with Crippen LogP contribution in [-0.4, -0.2) is 23.4 Å². The fourth-order valence-corrected chi connectivity index (χ4v) is 2.37. The average molecular weight is 282 g/mol. The molecule has 3 rings (SSSR count). The number of nitrogens with one attached hydrogen (secondary N) is 2. The van der Waals surface area contributed by atoms with Gasteiger partial charge in [0.05, 0.1) is 5.52 Å². The molecule has 1 fully saturated rings. The molecule has 0 radical (unpaired) electrons. The molecule has 5 heteroatoms. The van der Waals surface area contributed by atoms with Crippen molar-refractivity contribution in [3.8, 4) is 0 Å². The SMILES string of the molecule is CC(C)CN=C1NC(=O)C(c2cccc3cccnc23)N1. The zero-order valence-electron chi connectivity index (χ0n) is 12.1. The van der Waals surface area contributed by atoms with Crippen LogP contribution in [0.5, 0.6) is 0 Å². The van der Waals surface area contributed by atoms with E-state index in [4.69, 9.17) is 0 Å². The third kappa shape index (κ3) is 2.72. The Hall–Kier alpha value is -2.43. The molecule has 5 nitrogen and oxygen atoms in total. The van der Waals surface area contributed by atoms with E-state index in [1.165, 1.54) is 0 Å². The van der Waals surface area contributed by atoms with Crippen molar-refractivity contribution >= 4 is 22.8 Å². The molecule has 108 valence electrons. The van der Waals surface area contributed by atoms with Crippen molar-refractivity contribution in [2.24, 2.45) is 10.9 Å². The Morgan fingerprint density at radius 1 is 1.29 bits per heavy atom. The van der Waals surface area contributed by atoms with E-state index in [-0.39, 0.29) is 5.91 Å². The molecule has 1 aromatic carbocycles. The van der Waals surface area contributed by atoms with Gasteiger partial charge in [0.25, 0.3) is 5.91 Å². The zero-order chi connectivity index (χ0) is 14.8. The van der Waals surface area contributed by atoms with E-state index in [1.54, 1.807) is 6.20 Å². The fourth-order valence-electron chi connectivity index (χ4n) is 2.37. The number of rotatable bonds is 3. The number of hydrogen-bond acceptors (Lipinski definition) is 3. The number of carbonyl (C=O) groups is 1. The number of fused-ring (bicyclic) bond motifs is 1. The lowest BCUT2D eigenvalue weighted by molar-refractivity contribution is -0.120. The first-order chi connectivity index (χ1) is 10.1. The minimum Gasteiger partial charge on any atom is -0.340 e. The molecule has 1 unspecified atom stereocenters. The molecule has 21 heavy (non-hydrogen) atoms. The van der Waals surface area contributed by atoms with Crippen molar-refractivity contribution in [3.63, 3.8) is 0 Å². The number of aromatic nitrogens is 1. The van der Waals surface area contributed by atoms with Crippen LogP contribution in [0.25, 0.3) is 10.9 Å². The molecule has 1 atom stereocenters. The molecule has 2 heterocycles. The van der Waals surface area contributed by atoms with Gasteiger partial charge in [-0.3, -0.25) is 20.1 Å². The van der Waals surface area contributed by atoms with Crippen LogP contribution in [-0.2, 0) is 4.79 Å². The number of aliphatic imine (C=N–C) groups is 1. The lowest BCUT2D eigenvalue weighted by atomic mass is 10.0.